The number of aromatic nitrogens is 2. The zero-order chi connectivity index (χ0) is 20.4. The first kappa shape index (κ1) is 19.2. The van der Waals surface area contributed by atoms with E-state index in [1.165, 1.54) is 11.1 Å². The smallest absolute Gasteiger partial charge is 0.271 e. The number of fused-ring (bicyclic) bond motifs is 1. The van der Waals surface area contributed by atoms with Gasteiger partial charge >= 0.3 is 0 Å². The number of methoxy groups -OCH3 is 1. The summed E-state index contributed by atoms with van der Waals surface area (Å²) in [7, 11) is 5.60. The van der Waals surface area contributed by atoms with Gasteiger partial charge in [-0.15, -0.1) is 0 Å². The number of rotatable bonds is 5. The number of benzene rings is 2. The van der Waals surface area contributed by atoms with E-state index in [9.17, 15) is 4.79 Å². The fraction of sp³-hybridized carbons (Fsp3) is 0.304. The first-order valence-electron chi connectivity index (χ1n) is 9.77. The molecule has 1 aliphatic rings. The van der Waals surface area contributed by atoms with E-state index in [1.54, 1.807) is 18.1 Å². The van der Waals surface area contributed by atoms with Crippen LogP contribution in [0.4, 0.5) is 0 Å². The molecule has 0 spiro atoms. The van der Waals surface area contributed by atoms with Crippen LogP contribution in [0.2, 0.25) is 0 Å². The summed E-state index contributed by atoms with van der Waals surface area (Å²) in [6.07, 6.45) is 0.947. The van der Waals surface area contributed by atoms with Crippen LogP contribution >= 0.6 is 0 Å². The minimum atomic E-state index is -0.0566. The summed E-state index contributed by atoms with van der Waals surface area (Å²) in [5.74, 6) is 0.704. The van der Waals surface area contributed by atoms with Crippen molar-refractivity contribution in [1.29, 1.82) is 0 Å². The zero-order valence-electron chi connectivity index (χ0n) is 17.1. The van der Waals surface area contributed by atoms with E-state index in [-0.39, 0.29) is 5.91 Å². The summed E-state index contributed by atoms with van der Waals surface area (Å²) in [4.78, 5) is 17.0. The quantitative estimate of drug-likeness (QED) is 0.727. The van der Waals surface area contributed by atoms with Gasteiger partial charge in [0.2, 0.25) is 0 Å². The van der Waals surface area contributed by atoms with Crippen molar-refractivity contribution in [1.82, 2.24) is 20.0 Å². The highest BCUT2D eigenvalue weighted by Gasteiger charge is 2.26. The van der Waals surface area contributed by atoms with Crippen molar-refractivity contribution in [2.75, 3.05) is 27.7 Å². The molecule has 2 heterocycles. The lowest BCUT2D eigenvalue weighted by atomic mass is 9.94. The van der Waals surface area contributed by atoms with Crippen molar-refractivity contribution in [3.8, 4) is 17.0 Å². The molecule has 2 aromatic carbocycles. The molecule has 0 saturated carbocycles. The Kier molecular flexibility index (Phi) is 5.36. The number of hydrogen-bond acceptors (Lipinski definition) is 4. The first-order valence-corrected chi connectivity index (χ1v) is 9.77. The van der Waals surface area contributed by atoms with Gasteiger partial charge in [-0.05, 0) is 42.8 Å². The van der Waals surface area contributed by atoms with Crippen LogP contribution in [-0.2, 0) is 13.0 Å². The van der Waals surface area contributed by atoms with Gasteiger partial charge in [-0.25, -0.2) is 0 Å². The van der Waals surface area contributed by atoms with E-state index < -0.39 is 0 Å². The monoisotopic (exact) mass is 390 g/mol. The topological polar surface area (TPSA) is 61.5 Å². The van der Waals surface area contributed by atoms with Gasteiger partial charge in [-0.3, -0.25) is 14.8 Å². The summed E-state index contributed by atoms with van der Waals surface area (Å²) in [5, 5.41) is 7.21. The molecule has 150 valence electrons. The summed E-state index contributed by atoms with van der Waals surface area (Å²) in [5.41, 5.74) is 4.87. The fourth-order valence-electron chi connectivity index (χ4n) is 3.89. The number of aromatic amines is 1. The average molecular weight is 390 g/mol. The number of likely N-dealkylation sites (N-methyl/N-ethyl adjacent to an activating group) is 2. The lowest BCUT2D eigenvalue weighted by Crippen LogP contribution is -2.46. The molecule has 0 radical (unpaired) electrons. The molecule has 1 atom stereocenters. The molecule has 6 heteroatoms. The van der Waals surface area contributed by atoms with Gasteiger partial charge in [0.15, 0.2) is 0 Å². The van der Waals surface area contributed by atoms with Crippen LogP contribution < -0.4 is 4.74 Å². The van der Waals surface area contributed by atoms with Gasteiger partial charge in [0.25, 0.3) is 5.91 Å². The molecule has 1 unspecified atom stereocenters. The number of nitrogens with one attached hydrogen (secondary N) is 1. The molecule has 1 aliphatic heterocycles. The van der Waals surface area contributed by atoms with E-state index in [1.807, 2.05) is 31.3 Å². The normalized spacial score (nSPS) is 16.3. The summed E-state index contributed by atoms with van der Waals surface area (Å²) in [6, 6.07) is 18.3. The first-order chi connectivity index (χ1) is 14.0. The lowest BCUT2D eigenvalue weighted by molar-refractivity contribution is 0.0728. The van der Waals surface area contributed by atoms with Crippen LogP contribution in [0.3, 0.4) is 0 Å². The highest BCUT2D eigenvalue weighted by molar-refractivity contribution is 5.93. The molecule has 6 nitrogen and oxygen atoms in total. The second-order valence-corrected chi connectivity index (χ2v) is 7.63. The van der Waals surface area contributed by atoms with Crippen molar-refractivity contribution in [3.05, 3.63) is 71.4 Å². The van der Waals surface area contributed by atoms with Crippen LogP contribution in [-0.4, -0.2) is 59.7 Å². The minimum Gasteiger partial charge on any atom is -0.497 e. The van der Waals surface area contributed by atoms with E-state index in [0.29, 0.717) is 18.3 Å². The third-order valence-corrected chi connectivity index (χ3v) is 5.62. The van der Waals surface area contributed by atoms with E-state index >= 15 is 0 Å². The number of ether oxygens (including phenoxy) is 1. The lowest BCUT2D eigenvalue weighted by Gasteiger charge is -2.36. The Morgan fingerprint density at radius 2 is 2.00 bits per heavy atom. The second kappa shape index (κ2) is 8.09. The van der Waals surface area contributed by atoms with Crippen LogP contribution in [0.15, 0.2) is 54.6 Å². The van der Waals surface area contributed by atoms with Crippen molar-refractivity contribution >= 4 is 5.91 Å². The second-order valence-electron chi connectivity index (χ2n) is 7.63. The fourth-order valence-corrected chi connectivity index (χ4v) is 3.89. The highest BCUT2D eigenvalue weighted by atomic mass is 16.5. The van der Waals surface area contributed by atoms with Crippen molar-refractivity contribution < 1.29 is 9.53 Å². The minimum absolute atomic E-state index is 0.0566. The van der Waals surface area contributed by atoms with Crippen LogP contribution in [0.25, 0.3) is 11.3 Å². The zero-order valence-corrected chi connectivity index (χ0v) is 17.1. The Morgan fingerprint density at radius 3 is 2.79 bits per heavy atom. The van der Waals surface area contributed by atoms with E-state index in [0.717, 1.165) is 30.0 Å². The molecular weight excluding hydrogens is 364 g/mol. The highest BCUT2D eigenvalue weighted by Crippen LogP contribution is 2.24. The number of carbonyl (C=O) groups excluding carboxylic acids is 1. The van der Waals surface area contributed by atoms with Gasteiger partial charge in [-0.2, -0.15) is 5.10 Å². The summed E-state index contributed by atoms with van der Waals surface area (Å²) < 4.78 is 5.27. The molecular formula is C23H26N4O2. The number of H-pyrrole nitrogens is 1. The van der Waals surface area contributed by atoms with Crippen molar-refractivity contribution in [2.45, 2.75) is 19.0 Å². The molecule has 3 aromatic rings. The van der Waals surface area contributed by atoms with Crippen LogP contribution in [0.1, 0.15) is 21.6 Å². The Bertz CT molecular complexity index is 1010. The Hall–Kier alpha value is -3.12. The van der Waals surface area contributed by atoms with Gasteiger partial charge in [0.05, 0.1) is 12.8 Å². The third-order valence-electron chi connectivity index (χ3n) is 5.62. The van der Waals surface area contributed by atoms with E-state index in [4.69, 9.17) is 4.74 Å². The predicted molar refractivity (Wildman–Crippen MR) is 113 cm³/mol. The summed E-state index contributed by atoms with van der Waals surface area (Å²) >= 11 is 0. The molecule has 1 aromatic heterocycles. The van der Waals surface area contributed by atoms with Gasteiger partial charge in [-0.1, -0.05) is 36.4 Å². The maximum absolute atomic E-state index is 12.9. The molecule has 1 amide bonds. The van der Waals surface area contributed by atoms with Crippen LogP contribution in [0.5, 0.6) is 5.75 Å². The SMILES string of the molecule is COc1cccc(-c2cc(C(=O)N(C)CC3Cc4ccccc4CN3C)[nH]n2)c1. The Morgan fingerprint density at radius 1 is 1.21 bits per heavy atom. The predicted octanol–water partition coefficient (Wildman–Crippen LogP) is 3.21. The Labute approximate surface area is 171 Å². The molecule has 0 bridgehead atoms. The van der Waals surface area contributed by atoms with E-state index in [2.05, 4.69) is 46.4 Å². The Balaban J connectivity index is 1.45. The molecule has 1 N–H and O–H groups in total. The molecule has 0 saturated heterocycles. The molecule has 0 aliphatic carbocycles. The number of nitrogens with zero attached hydrogens (tertiary/aromatic N) is 3. The van der Waals surface area contributed by atoms with Crippen molar-refractivity contribution in [2.24, 2.45) is 0 Å². The third kappa shape index (κ3) is 4.03. The van der Waals surface area contributed by atoms with Crippen molar-refractivity contribution in [3.63, 3.8) is 0 Å². The largest absolute Gasteiger partial charge is 0.497 e. The maximum atomic E-state index is 12.9. The maximum Gasteiger partial charge on any atom is 0.271 e. The van der Waals surface area contributed by atoms with Gasteiger partial charge in [0, 0.05) is 31.7 Å². The molecule has 4 rings (SSSR count). The molecule has 29 heavy (non-hydrogen) atoms. The number of hydrogen-bond donors (Lipinski definition) is 1. The molecule has 0 fully saturated rings. The number of amides is 1. The van der Waals surface area contributed by atoms with Gasteiger partial charge < -0.3 is 9.64 Å². The standard InChI is InChI=1S/C23H26N4O2/c1-26-14-18-8-5-4-7-16(18)11-19(26)15-27(2)23(28)22-13-21(24-25-22)17-9-6-10-20(12-17)29-3/h4-10,12-13,19H,11,14-15H2,1-3H3,(H,24,25). The average Bonchev–Trinajstić information content (AvgIpc) is 3.24. The number of carbonyl (C=O) groups is 1. The van der Waals surface area contributed by atoms with Crippen LogP contribution in [0, 0.1) is 0 Å². The summed E-state index contributed by atoms with van der Waals surface area (Å²) in [6.45, 7) is 1.57. The van der Waals surface area contributed by atoms with Gasteiger partial charge in [0.1, 0.15) is 11.4 Å².